The summed E-state index contributed by atoms with van der Waals surface area (Å²) in [7, 11) is 4.13. The summed E-state index contributed by atoms with van der Waals surface area (Å²) < 4.78 is 0. The SMILES string of the molecule is Cc1nnc2ccccc2c1NCCN(C)C. The van der Waals surface area contributed by atoms with Gasteiger partial charge in [0.2, 0.25) is 0 Å². The summed E-state index contributed by atoms with van der Waals surface area (Å²) >= 11 is 0. The molecule has 0 aliphatic carbocycles. The van der Waals surface area contributed by atoms with Crippen molar-refractivity contribution in [2.75, 3.05) is 32.5 Å². The van der Waals surface area contributed by atoms with Crippen LogP contribution in [-0.4, -0.2) is 42.3 Å². The van der Waals surface area contributed by atoms with Crippen molar-refractivity contribution in [1.82, 2.24) is 15.1 Å². The van der Waals surface area contributed by atoms with Crippen LogP contribution in [0.3, 0.4) is 0 Å². The molecule has 4 heteroatoms. The molecule has 17 heavy (non-hydrogen) atoms. The van der Waals surface area contributed by atoms with Crippen molar-refractivity contribution in [2.24, 2.45) is 0 Å². The average Bonchev–Trinajstić information content (AvgIpc) is 2.32. The number of benzene rings is 1. The van der Waals surface area contributed by atoms with E-state index >= 15 is 0 Å². The topological polar surface area (TPSA) is 41.1 Å². The fraction of sp³-hybridized carbons (Fsp3) is 0.385. The van der Waals surface area contributed by atoms with E-state index < -0.39 is 0 Å². The monoisotopic (exact) mass is 230 g/mol. The zero-order valence-corrected chi connectivity index (χ0v) is 10.6. The molecule has 2 aromatic rings. The number of aromatic nitrogens is 2. The standard InChI is InChI=1S/C13H18N4/c1-10-13(14-8-9-17(2)3)11-6-4-5-7-12(11)16-15-10/h4-7H,8-9H2,1-3H3,(H,14,16). The Kier molecular flexibility index (Phi) is 3.54. The highest BCUT2D eigenvalue weighted by molar-refractivity contribution is 5.91. The number of rotatable bonds is 4. The molecule has 0 fully saturated rings. The Labute approximate surface area is 102 Å². The lowest BCUT2D eigenvalue weighted by Crippen LogP contribution is -2.21. The van der Waals surface area contributed by atoms with Gasteiger partial charge in [-0.05, 0) is 27.1 Å². The number of hydrogen-bond donors (Lipinski definition) is 1. The second-order valence-corrected chi connectivity index (χ2v) is 4.41. The van der Waals surface area contributed by atoms with Gasteiger partial charge in [0.1, 0.15) is 0 Å². The average molecular weight is 230 g/mol. The first kappa shape index (κ1) is 11.8. The van der Waals surface area contributed by atoms with E-state index in [9.17, 15) is 0 Å². The number of nitrogens with zero attached hydrogens (tertiary/aromatic N) is 3. The highest BCUT2D eigenvalue weighted by Crippen LogP contribution is 2.23. The molecule has 0 aliphatic rings. The quantitative estimate of drug-likeness (QED) is 0.871. The molecule has 4 nitrogen and oxygen atoms in total. The molecule has 0 saturated heterocycles. The van der Waals surface area contributed by atoms with Gasteiger partial charge in [-0.1, -0.05) is 18.2 Å². The Morgan fingerprint density at radius 3 is 2.71 bits per heavy atom. The van der Waals surface area contributed by atoms with E-state index in [4.69, 9.17) is 0 Å². The molecule has 0 saturated carbocycles. The Hall–Kier alpha value is -1.68. The van der Waals surface area contributed by atoms with E-state index in [1.54, 1.807) is 0 Å². The minimum atomic E-state index is 0.906. The van der Waals surface area contributed by atoms with Crippen LogP contribution in [0.25, 0.3) is 10.9 Å². The Morgan fingerprint density at radius 2 is 1.94 bits per heavy atom. The van der Waals surface area contributed by atoms with Gasteiger partial charge in [0, 0.05) is 18.5 Å². The summed E-state index contributed by atoms with van der Waals surface area (Å²) in [5.41, 5.74) is 2.98. The van der Waals surface area contributed by atoms with E-state index in [1.165, 1.54) is 0 Å². The third-order valence-electron chi connectivity index (χ3n) is 2.70. The van der Waals surface area contributed by atoms with Crippen LogP contribution in [-0.2, 0) is 0 Å². The molecule has 2 rings (SSSR count). The molecular formula is C13H18N4. The Morgan fingerprint density at radius 1 is 1.18 bits per heavy atom. The molecule has 1 heterocycles. The predicted octanol–water partition coefficient (Wildman–Crippen LogP) is 1.91. The molecule has 1 aromatic carbocycles. The fourth-order valence-corrected chi connectivity index (χ4v) is 1.77. The van der Waals surface area contributed by atoms with E-state index in [2.05, 4.69) is 40.6 Å². The second-order valence-electron chi connectivity index (χ2n) is 4.41. The molecule has 0 radical (unpaired) electrons. The molecule has 1 N–H and O–H groups in total. The third-order valence-corrected chi connectivity index (χ3v) is 2.70. The summed E-state index contributed by atoms with van der Waals surface area (Å²) in [5.74, 6) is 0. The van der Waals surface area contributed by atoms with Crippen LogP contribution in [0.4, 0.5) is 5.69 Å². The zero-order valence-electron chi connectivity index (χ0n) is 10.6. The van der Waals surface area contributed by atoms with Gasteiger partial charge >= 0.3 is 0 Å². The van der Waals surface area contributed by atoms with Crippen LogP contribution in [0.5, 0.6) is 0 Å². The minimum Gasteiger partial charge on any atom is -0.382 e. The summed E-state index contributed by atoms with van der Waals surface area (Å²) in [6.07, 6.45) is 0. The van der Waals surface area contributed by atoms with Gasteiger partial charge in [0.15, 0.2) is 0 Å². The van der Waals surface area contributed by atoms with Crippen LogP contribution < -0.4 is 5.32 Å². The molecular weight excluding hydrogens is 212 g/mol. The highest BCUT2D eigenvalue weighted by Gasteiger charge is 2.06. The number of nitrogens with one attached hydrogen (secondary N) is 1. The number of likely N-dealkylation sites (N-methyl/N-ethyl adjacent to an activating group) is 1. The molecule has 90 valence electrons. The first-order valence-electron chi connectivity index (χ1n) is 5.79. The maximum Gasteiger partial charge on any atom is 0.0950 e. The number of hydrogen-bond acceptors (Lipinski definition) is 4. The van der Waals surface area contributed by atoms with Crippen molar-refractivity contribution in [3.63, 3.8) is 0 Å². The van der Waals surface area contributed by atoms with E-state index in [-0.39, 0.29) is 0 Å². The van der Waals surface area contributed by atoms with Crippen LogP contribution in [0.1, 0.15) is 5.69 Å². The first-order valence-corrected chi connectivity index (χ1v) is 5.79. The minimum absolute atomic E-state index is 0.906. The van der Waals surface area contributed by atoms with Crippen LogP contribution in [0.2, 0.25) is 0 Å². The zero-order chi connectivity index (χ0) is 12.3. The fourth-order valence-electron chi connectivity index (χ4n) is 1.77. The Bertz CT molecular complexity index is 508. The first-order chi connectivity index (χ1) is 8.18. The summed E-state index contributed by atoms with van der Waals surface area (Å²) in [5, 5.41) is 12.9. The lowest BCUT2D eigenvalue weighted by atomic mass is 10.1. The third kappa shape index (κ3) is 2.71. The van der Waals surface area contributed by atoms with Gasteiger partial charge in [-0.15, -0.1) is 0 Å². The molecule has 0 amide bonds. The lowest BCUT2D eigenvalue weighted by Gasteiger charge is -2.14. The predicted molar refractivity (Wildman–Crippen MR) is 71.3 cm³/mol. The van der Waals surface area contributed by atoms with E-state index in [1.807, 2.05) is 25.1 Å². The van der Waals surface area contributed by atoms with Gasteiger partial charge < -0.3 is 10.2 Å². The number of fused-ring (bicyclic) bond motifs is 1. The lowest BCUT2D eigenvalue weighted by molar-refractivity contribution is 0.425. The van der Waals surface area contributed by atoms with Crippen molar-refractivity contribution in [3.05, 3.63) is 30.0 Å². The largest absolute Gasteiger partial charge is 0.382 e. The summed E-state index contributed by atoms with van der Waals surface area (Å²) in [6.45, 7) is 3.89. The van der Waals surface area contributed by atoms with Gasteiger partial charge in [-0.25, -0.2) is 0 Å². The smallest absolute Gasteiger partial charge is 0.0950 e. The molecule has 0 spiro atoms. The van der Waals surface area contributed by atoms with Crippen molar-refractivity contribution in [2.45, 2.75) is 6.92 Å². The van der Waals surface area contributed by atoms with Gasteiger partial charge in [-0.3, -0.25) is 0 Å². The van der Waals surface area contributed by atoms with Gasteiger partial charge in [0.05, 0.1) is 16.9 Å². The van der Waals surface area contributed by atoms with Crippen LogP contribution in [0, 0.1) is 6.92 Å². The highest BCUT2D eigenvalue weighted by atomic mass is 15.1. The maximum absolute atomic E-state index is 4.18. The van der Waals surface area contributed by atoms with E-state index in [0.29, 0.717) is 0 Å². The summed E-state index contributed by atoms with van der Waals surface area (Å²) in [4.78, 5) is 2.15. The van der Waals surface area contributed by atoms with E-state index in [0.717, 1.165) is 35.4 Å². The molecule has 0 atom stereocenters. The normalized spacial score (nSPS) is 11.1. The number of anilines is 1. The molecule has 0 unspecified atom stereocenters. The van der Waals surface area contributed by atoms with Crippen molar-refractivity contribution >= 4 is 16.6 Å². The van der Waals surface area contributed by atoms with Gasteiger partial charge in [-0.2, -0.15) is 10.2 Å². The maximum atomic E-state index is 4.18. The molecule has 1 aromatic heterocycles. The summed E-state index contributed by atoms with van der Waals surface area (Å²) in [6, 6.07) is 8.07. The number of aryl methyl sites for hydroxylation is 1. The van der Waals surface area contributed by atoms with Crippen molar-refractivity contribution in [1.29, 1.82) is 0 Å². The molecule has 0 bridgehead atoms. The van der Waals surface area contributed by atoms with Gasteiger partial charge in [0.25, 0.3) is 0 Å². The van der Waals surface area contributed by atoms with Crippen LogP contribution in [0.15, 0.2) is 24.3 Å². The second kappa shape index (κ2) is 5.10. The van der Waals surface area contributed by atoms with Crippen LogP contribution >= 0.6 is 0 Å². The van der Waals surface area contributed by atoms with Crippen molar-refractivity contribution < 1.29 is 0 Å². The molecule has 0 aliphatic heterocycles. The van der Waals surface area contributed by atoms with Crippen molar-refractivity contribution in [3.8, 4) is 0 Å². The Balaban J connectivity index is 2.28.